The van der Waals surface area contributed by atoms with E-state index in [0.29, 0.717) is 12.4 Å². The summed E-state index contributed by atoms with van der Waals surface area (Å²) in [5.41, 5.74) is 3.03. The topological polar surface area (TPSA) is 79.8 Å². The molecule has 0 spiro atoms. The van der Waals surface area contributed by atoms with Crippen molar-refractivity contribution in [2.45, 2.75) is 13.5 Å². The zero-order valence-corrected chi connectivity index (χ0v) is 13.2. The molecule has 3 rings (SSSR count). The Bertz CT molecular complexity index is 801. The fraction of sp³-hybridized carbons (Fsp3) is 0.111. The fourth-order valence-corrected chi connectivity index (χ4v) is 2.06. The first-order valence-electron chi connectivity index (χ1n) is 7.56. The average Bonchev–Trinajstić information content (AvgIpc) is 2.63. The number of anilines is 2. The van der Waals surface area contributed by atoms with Gasteiger partial charge in [-0.15, -0.1) is 10.2 Å². The molecule has 3 aromatic rings. The molecule has 0 saturated heterocycles. The van der Waals surface area contributed by atoms with Crippen LogP contribution < -0.4 is 10.6 Å². The van der Waals surface area contributed by atoms with Gasteiger partial charge in [0.2, 0.25) is 0 Å². The molecule has 2 aromatic heterocycles. The summed E-state index contributed by atoms with van der Waals surface area (Å²) in [5.74, 6) is 0.301. The predicted molar refractivity (Wildman–Crippen MR) is 92.7 cm³/mol. The predicted octanol–water partition coefficient (Wildman–Crippen LogP) is 3.04. The van der Waals surface area contributed by atoms with Crippen LogP contribution in [0.5, 0.6) is 0 Å². The Morgan fingerprint density at radius 1 is 1.00 bits per heavy atom. The van der Waals surface area contributed by atoms with Gasteiger partial charge in [-0.2, -0.15) is 0 Å². The molecule has 0 aliphatic rings. The van der Waals surface area contributed by atoms with Crippen LogP contribution in [0.25, 0.3) is 0 Å². The first-order valence-corrected chi connectivity index (χ1v) is 7.56. The van der Waals surface area contributed by atoms with Gasteiger partial charge >= 0.3 is 0 Å². The average molecular weight is 319 g/mol. The molecule has 0 bridgehead atoms. The molecule has 2 N–H and O–H groups in total. The fourth-order valence-electron chi connectivity index (χ4n) is 2.06. The Balaban J connectivity index is 1.59. The van der Waals surface area contributed by atoms with E-state index >= 15 is 0 Å². The van der Waals surface area contributed by atoms with Gasteiger partial charge in [0, 0.05) is 11.9 Å². The molecule has 0 aliphatic carbocycles. The molecule has 1 aromatic carbocycles. The number of pyridine rings is 1. The van der Waals surface area contributed by atoms with E-state index in [1.807, 2.05) is 49.4 Å². The Labute approximate surface area is 140 Å². The van der Waals surface area contributed by atoms with E-state index in [1.54, 1.807) is 18.3 Å². The molecule has 0 radical (unpaired) electrons. The third-order valence-electron chi connectivity index (χ3n) is 3.38. The Kier molecular flexibility index (Phi) is 4.76. The van der Waals surface area contributed by atoms with Gasteiger partial charge in [-0.1, -0.05) is 23.8 Å². The molecule has 0 fully saturated rings. The van der Waals surface area contributed by atoms with Crippen LogP contribution in [0.1, 0.15) is 21.7 Å². The van der Waals surface area contributed by atoms with Crippen molar-refractivity contribution in [3.63, 3.8) is 0 Å². The SMILES string of the molecule is Cc1ccc(NC(=O)c2ccc(NCc3ccccn3)nn2)cc1. The zero-order chi connectivity index (χ0) is 16.8. The van der Waals surface area contributed by atoms with Crippen molar-refractivity contribution in [2.24, 2.45) is 0 Å². The number of carbonyl (C=O) groups excluding carboxylic acids is 1. The van der Waals surface area contributed by atoms with E-state index in [9.17, 15) is 4.79 Å². The number of hydrogen-bond acceptors (Lipinski definition) is 5. The molecule has 1 amide bonds. The van der Waals surface area contributed by atoms with Crippen molar-refractivity contribution in [1.29, 1.82) is 0 Å². The van der Waals surface area contributed by atoms with E-state index in [-0.39, 0.29) is 11.6 Å². The molecular formula is C18H17N5O. The van der Waals surface area contributed by atoms with Gasteiger partial charge in [-0.25, -0.2) is 0 Å². The zero-order valence-electron chi connectivity index (χ0n) is 13.2. The van der Waals surface area contributed by atoms with E-state index < -0.39 is 0 Å². The Morgan fingerprint density at radius 2 is 1.83 bits per heavy atom. The van der Waals surface area contributed by atoms with Crippen molar-refractivity contribution in [1.82, 2.24) is 15.2 Å². The third-order valence-corrected chi connectivity index (χ3v) is 3.38. The molecule has 0 atom stereocenters. The van der Waals surface area contributed by atoms with Crippen LogP contribution in [0.15, 0.2) is 60.8 Å². The van der Waals surface area contributed by atoms with E-state index in [0.717, 1.165) is 16.9 Å². The number of carbonyl (C=O) groups is 1. The maximum absolute atomic E-state index is 12.1. The van der Waals surface area contributed by atoms with E-state index in [1.165, 1.54) is 0 Å². The smallest absolute Gasteiger partial charge is 0.276 e. The van der Waals surface area contributed by atoms with E-state index in [4.69, 9.17) is 0 Å². The van der Waals surface area contributed by atoms with Crippen LogP contribution in [0.4, 0.5) is 11.5 Å². The second kappa shape index (κ2) is 7.32. The number of benzene rings is 1. The second-order valence-electron chi connectivity index (χ2n) is 5.30. The highest BCUT2D eigenvalue weighted by molar-refractivity contribution is 6.02. The normalized spacial score (nSPS) is 10.2. The van der Waals surface area contributed by atoms with Crippen LogP contribution in [-0.4, -0.2) is 21.1 Å². The number of nitrogens with one attached hydrogen (secondary N) is 2. The first kappa shape index (κ1) is 15.6. The Hall–Kier alpha value is -3.28. The highest BCUT2D eigenvalue weighted by Crippen LogP contribution is 2.11. The summed E-state index contributed by atoms with van der Waals surface area (Å²) in [7, 11) is 0. The summed E-state index contributed by atoms with van der Waals surface area (Å²) in [5, 5.41) is 13.9. The van der Waals surface area contributed by atoms with Crippen molar-refractivity contribution in [3.8, 4) is 0 Å². The largest absolute Gasteiger partial charge is 0.363 e. The minimum Gasteiger partial charge on any atom is -0.363 e. The quantitative estimate of drug-likeness (QED) is 0.755. The molecule has 0 saturated carbocycles. The van der Waals surface area contributed by atoms with Gasteiger partial charge in [0.05, 0.1) is 12.2 Å². The number of aryl methyl sites for hydroxylation is 1. The highest BCUT2D eigenvalue weighted by Gasteiger charge is 2.08. The maximum Gasteiger partial charge on any atom is 0.276 e. The van der Waals surface area contributed by atoms with Gasteiger partial charge in [-0.3, -0.25) is 9.78 Å². The monoisotopic (exact) mass is 319 g/mol. The number of amides is 1. The highest BCUT2D eigenvalue weighted by atomic mass is 16.1. The van der Waals surface area contributed by atoms with Crippen LogP contribution in [-0.2, 0) is 6.54 Å². The molecule has 2 heterocycles. The minimum atomic E-state index is -0.289. The molecule has 6 heteroatoms. The number of nitrogens with zero attached hydrogens (tertiary/aromatic N) is 3. The minimum absolute atomic E-state index is 0.263. The molecule has 0 aliphatic heterocycles. The van der Waals surface area contributed by atoms with Gasteiger partial charge in [0.15, 0.2) is 5.69 Å². The van der Waals surface area contributed by atoms with Crippen LogP contribution >= 0.6 is 0 Å². The summed E-state index contributed by atoms with van der Waals surface area (Å²) in [4.78, 5) is 16.4. The second-order valence-corrected chi connectivity index (χ2v) is 5.30. The van der Waals surface area contributed by atoms with Crippen LogP contribution in [0.3, 0.4) is 0 Å². The van der Waals surface area contributed by atoms with Crippen LogP contribution in [0, 0.1) is 6.92 Å². The number of rotatable bonds is 5. The number of aromatic nitrogens is 3. The van der Waals surface area contributed by atoms with Gasteiger partial charge in [-0.05, 0) is 43.3 Å². The first-order chi connectivity index (χ1) is 11.7. The van der Waals surface area contributed by atoms with Crippen molar-refractivity contribution < 1.29 is 4.79 Å². The third kappa shape index (κ3) is 4.13. The summed E-state index contributed by atoms with van der Waals surface area (Å²) < 4.78 is 0. The molecule has 24 heavy (non-hydrogen) atoms. The van der Waals surface area contributed by atoms with Crippen LogP contribution in [0.2, 0.25) is 0 Å². The maximum atomic E-state index is 12.1. The summed E-state index contributed by atoms with van der Waals surface area (Å²) in [6.07, 6.45) is 1.74. The van der Waals surface area contributed by atoms with Crippen molar-refractivity contribution in [2.75, 3.05) is 10.6 Å². The van der Waals surface area contributed by atoms with Crippen molar-refractivity contribution in [3.05, 3.63) is 77.7 Å². The van der Waals surface area contributed by atoms with E-state index in [2.05, 4.69) is 25.8 Å². The number of hydrogen-bond donors (Lipinski definition) is 2. The van der Waals surface area contributed by atoms with Gasteiger partial charge < -0.3 is 10.6 Å². The lowest BCUT2D eigenvalue weighted by molar-refractivity contribution is 0.102. The van der Waals surface area contributed by atoms with Gasteiger partial charge in [0.1, 0.15) is 5.82 Å². The summed E-state index contributed by atoms with van der Waals surface area (Å²) >= 11 is 0. The molecule has 0 unspecified atom stereocenters. The lowest BCUT2D eigenvalue weighted by Crippen LogP contribution is -2.15. The lowest BCUT2D eigenvalue weighted by Gasteiger charge is -2.06. The molecule has 6 nitrogen and oxygen atoms in total. The summed E-state index contributed by atoms with van der Waals surface area (Å²) in [6.45, 7) is 2.54. The van der Waals surface area contributed by atoms with Crippen molar-refractivity contribution >= 4 is 17.4 Å². The Morgan fingerprint density at radius 3 is 2.50 bits per heavy atom. The molecule has 120 valence electrons. The molecular weight excluding hydrogens is 302 g/mol. The summed E-state index contributed by atoms with van der Waals surface area (Å²) in [6, 6.07) is 16.6. The lowest BCUT2D eigenvalue weighted by atomic mass is 10.2. The van der Waals surface area contributed by atoms with Gasteiger partial charge in [0.25, 0.3) is 5.91 Å². The standard InChI is InChI=1S/C18H17N5O/c1-13-5-7-14(8-6-13)21-18(24)16-9-10-17(23-22-16)20-12-15-4-2-3-11-19-15/h2-11H,12H2,1H3,(H,20,23)(H,21,24).